The molecule has 0 amide bonds. The van der Waals surface area contributed by atoms with Crippen molar-refractivity contribution in [3.05, 3.63) is 46.1 Å². The third kappa shape index (κ3) is 3.52. The van der Waals surface area contributed by atoms with E-state index in [1.165, 1.54) is 12.1 Å². The number of carboxylic acid groups (broad SMARTS) is 1. The van der Waals surface area contributed by atoms with Gasteiger partial charge in [0.15, 0.2) is 6.23 Å². The molecule has 2 rings (SSSR count). The fourth-order valence-electron chi connectivity index (χ4n) is 2.02. The van der Waals surface area contributed by atoms with Gasteiger partial charge in [-0.25, -0.2) is 4.79 Å². The average Bonchev–Trinajstić information content (AvgIpc) is 2.87. The summed E-state index contributed by atoms with van der Waals surface area (Å²) in [6, 6.07) is 8.05. The second kappa shape index (κ2) is 6.29. The summed E-state index contributed by atoms with van der Waals surface area (Å²) < 4.78 is 4.57. The summed E-state index contributed by atoms with van der Waals surface area (Å²) in [5.41, 5.74) is 0.686. The van der Waals surface area contributed by atoms with Crippen LogP contribution in [0, 0.1) is 11.3 Å². The van der Waals surface area contributed by atoms with E-state index in [1.807, 2.05) is 6.07 Å². The molecule has 1 unspecified atom stereocenters. The number of hydrogen-bond donors (Lipinski definition) is 2. The molecule has 2 N–H and O–H groups in total. The minimum atomic E-state index is -1.41. The fraction of sp³-hybridized carbons (Fsp3) is 0.214. The van der Waals surface area contributed by atoms with Gasteiger partial charge in [-0.3, -0.25) is 4.79 Å². The Labute approximate surface area is 125 Å². The Morgan fingerprint density at radius 1 is 1.38 bits per heavy atom. The van der Waals surface area contributed by atoms with Gasteiger partial charge in [0, 0.05) is 22.7 Å². The summed E-state index contributed by atoms with van der Waals surface area (Å²) in [6.07, 6.45) is -1.39. The lowest BCUT2D eigenvalue weighted by molar-refractivity contribution is 0.0471. The number of nitriles is 1. The number of halogens is 1. The van der Waals surface area contributed by atoms with Crippen molar-refractivity contribution in [3.8, 4) is 6.07 Å². The van der Waals surface area contributed by atoms with Crippen LogP contribution in [0.15, 0.2) is 35.5 Å². The first-order chi connectivity index (χ1) is 10.0. The highest BCUT2D eigenvalue weighted by atomic mass is 35.5. The topological polar surface area (TPSA) is 99.4 Å². The maximum atomic E-state index is 12.3. The molecule has 1 saturated heterocycles. The van der Waals surface area contributed by atoms with Crippen molar-refractivity contribution in [2.75, 3.05) is 0 Å². The summed E-state index contributed by atoms with van der Waals surface area (Å²) in [5.74, 6) is -0.437. The third-order valence-electron chi connectivity index (χ3n) is 2.98. The van der Waals surface area contributed by atoms with E-state index in [2.05, 4.69) is 10.1 Å². The van der Waals surface area contributed by atoms with Gasteiger partial charge in [0.05, 0.1) is 0 Å². The van der Waals surface area contributed by atoms with Gasteiger partial charge in [0.1, 0.15) is 11.6 Å². The highest BCUT2D eigenvalue weighted by Crippen LogP contribution is 2.22. The summed E-state index contributed by atoms with van der Waals surface area (Å²) in [5, 5.41) is 21.0. The van der Waals surface area contributed by atoms with Crippen LogP contribution in [-0.2, 0) is 4.74 Å². The first kappa shape index (κ1) is 14.9. The molecule has 21 heavy (non-hydrogen) atoms. The van der Waals surface area contributed by atoms with Crippen LogP contribution in [-0.4, -0.2) is 23.3 Å². The lowest BCUT2D eigenvalue weighted by Gasteiger charge is -2.10. The molecule has 0 radical (unpaired) electrons. The molecule has 1 aromatic rings. The van der Waals surface area contributed by atoms with Crippen LogP contribution in [0.3, 0.4) is 0 Å². The van der Waals surface area contributed by atoms with Crippen molar-refractivity contribution < 1.29 is 19.4 Å². The first-order valence-electron chi connectivity index (χ1n) is 6.11. The highest BCUT2D eigenvalue weighted by Gasteiger charge is 2.27. The maximum absolute atomic E-state index is 12.3. The van der Waals surface area contributed by atoms with Gasteiger partial charge in [0.25, 0.3) is 0 Å². The number of hydrogen-bond acceptors (Lipinski definition) is 5. The smallest absolute Gasteiger partial charge is 0.450 e. The quantitative estimate of drug-likeness (QED) is 0.385. The van der Waals surface area contributed by atoms with Crippen LogP contribution in [0.2, 0.25) is 5.02 Å². The molecule has 7 heteroatoms. The Hall–Kier alpha value is -2.52. The molecule has 1 heterocycles. The van der Waals surface area contributed by atoms with E-state index in [-0.39, 0.29) is 5.57 Å². The van der Waals surface area contributed by atoms with E-state index >= 15 is 0 Å². The molecule has 0 aromatic heterocycles. The zero-order valence-corrected chi connectivity index (χ0v) is 11.6. The molecule has 0 spiro atoms. The zero-order valence-electron chi connectivity index (χ0n) is 10.8. The Kier molecular flexibility index (Phi) is 4.45. The monoisotopic (exact) mass is 306 g/mol. The highest BCUT2D eigenvalue weighted by molar-refractivity contribution is 6.30. The number of Topliss-reactive ketones (excluding diaryl/α,β-unsaturated/α-hetero) is 1. The van der Waals surface area contributed by atoms with Crippen molar-refractivity contribution in [2.24, 2.45) is 0 Å². The Balaban J connectivity index is 2.22. The van der Waals surface area contributed by atoms with E-state index < -0.39 is 18.2 Å². The number of rotatable bonds is 3. The number of ketones is 1. The fourth-order valence-corrected chi connectivity index (χ4v) is 2.15. The molecular weight excluding hydrogens is 296 g/mol. The lowest BCUT2D eigenvalue weighted by Crippen LogP contribution is -2.27. The molecule has 0 saturated carbocycles. The van der Waals surface area contributed by atoms with Crippen LogP contribution in [0.5, 0.6) is 0 Å². The standard InChI is InChI=1S/C14H11ClN2O4/c15-9-3-1-8(2-4-9)13(18)10(7-16)11-5-6-12(17-11)21-14(19)20/h1-4,12,17H,5-6H2,(H,19,20). The SMILES string of the molecule is N#CC(C(=O)c1ccc(Cl)cc1)=C1CCC(OC(=O)O)N1. The van der Waals surface area contributed by atoms with Crippen LogP contribution < -0.4 is 5.32 Å². The Bertz CT molecular complexity index is 646. The Morgan fingerprint density at radius 2 is 2.05 bits per heavy atom. The van der Waals surface area contributed by atoms with Crippen molar-refractivity contribution >= 4 is 23.5 Å². The number of ether oxygens (including phenoxy) is 1. The van der Waals surface area contributed by atoms with Crippen LogP contribution in [0.4, 0.5) is 4.79 Å². The molecule has 1 atom stereocenters. The largest absolute Gasteiger partial charge is 0.507 e. The maximum Gasteiger partial charge on any atom is 0.507 e. The number of carbonyl (C=O) groups is 2. The second-order valence-corrected chi connectivity index (χ2v) is 4.79. The molecule has 108 valence electrons. The van der Waals surface area contributed by atoms with E-state index in [4.69, 9.17) is 16.7 Å². The normalized spacial score (nSPS) is 19.3. The summed E-state index contributed by atoms with van der Waals surface area (Å²) in [7, 11) is 0. The predicted molar refractivity (Wildman–Crippen MR) is 73.7 cm³/mol. The number of nitrogens with one attached hydrogen (secondary N) is 1. The van der Waals surface area contributed by atoms with Gasteiger partial charge in [-0.1, -0.05) is 11.6 Å². The molecule has 0 bridgehead atoms. The summed E-state index contributed by atoms with van der Waals surface area (Å²) in [6.45, 7) is 0. The Morgan fingerprint density at radius 3 is 2.62 bits per heavy atom. The lowest BCUT2D eigenvalue weighted by atomic mass is 10.0. The third-order valence-corrected chi connectivity index (χ3v) is 3.23. The van der Waals surface area contributed by atoms with Crippen molar-refractivity contribution in [1.82, 2.24) is 5.32 Å². The molecule has 1 aromatic carbocycles. The molecule has 1 aliphatic rings. The van der Waals surface area contributed by atoms with E-state index in [0.29, 0.717) is 29.1 Å². The van der Waals surface area contributed by atoms with Gasteiger partial charge >= 0.3 is 6.16 Å². The van der Waals surface area contributed by atoms with Crippen LogP contribution in [0.1, 0.15) is 23.2 Å². The van der Waals surface area contributed by atoms with Crippen LogP contribution >= 0.6 is 11.6 Å². The predicted octanol–water partition coefficient (Wildman–Crippen LogP) is 2.70. The van der Waals surface area contributed by atoms with E-state index in [0.717, 1.165) is 0 Å². The van der Waals surface area contributed by atoms with E-state index in [9.17, 15) is 14.9 Å². The minimum Gasteiger partial charge on any atom is -0.450 e. The summed E-state index contributed by atoms with van der Waals surface area (Å²) >= 11 is 5.75. The molecule has 0 aliphatic carbocycles. The van der Waals surface area contributed by atoms with Crippen molar-refractivity contribution in [3.63, 3.8) is 0 Å². The number of benzene rings is 1. The summed E-state index contributed by atoms with van der Waals surface area (Å²) in [4.78, 5) is 22.7. The minimum absolute atomic E-state index is 0.0474. The van der Waals surface area contributed by atoms with Gasteiger partial charge in [-0.05, 0) is 30.7 Å². The van der Waals surface area contributed by atoms with Gasteiger partial charge < -0.3 is 15.2 Å². The molecule has 1 fully saturated rings. The average molecular weight is 307 g/mol. The zero-order chi connectivity index (χ0) is 15.4. The number of carbonyl (C=O) groups excluding carboxylic acids is 1. The second-order valence-electron chi connectivity index (χ2n) is 4.36. The molecule has 6 nitrogen and oxygen atoms in total. The van der Waals surface area contributed by atoms with Crippen LogP contribution in [0.25, 0.3) is 0 Å². The van der Waals surface area contributed by atoms with Crippen molar-refractivity contribution in [2.45, 2.75) is 19.1 Å². The molecular formula is C14H11ClN2O4. The van der Waals surface area contributed by atoms with Crippen molar-refractivity contribution in [1.29, 1.82) is 5.26 Å². The number of allylic oxidation sites excluding steroid dienone is 2. The number of nitrogens with zero attached hydrogens (tertiary/aromatic N) is 1. The van der Waals surface area contributed by atoms with E-state index in [1.54, 1.807) is 12.1 Å². The van der Waals surface area contributed by atoms with Gasteiger partial charge in [0.2, 0.25) is 5.78 Å². The van der Waals surface area contributed by atoms with Gasteiger partial charge in [-0.2, -0.15) is 5.26 Å². The molecule has 1 aliphatic heterocycles. The van der Waals surface area contributed by atoms with Gasteiger partial charge in [-0.15, -0.1) is 0 Å². The first-order valence-corrected chi connectivity index (χ1v) is 6.48.